The topological polar surface area (TPSA) is 54.5 Å². The molecular formula is C29H34ClFN4. The summed E-state index contributed by atoms with van der Waals surface area (Å²) < 4.78 is 15.9. The Morgan fingerprint density at radius 1 is 1.14 bits per heavy atom. The zero-order valence-electron chi connectivity index (χ0n) is 21.0. The van der Waals surface area contributed by atoms with Gasteiger partial charge in [-0.15, -0.1) is 0 Å². The van der Waals surface area contributed by atoms with E-state index in [0.717, 1.165) is 54.0 Å². The molecule has 0 spiro atoms. The average Bonchev–Trinajstić information content (AvgIpc) is 3.16. The molecule has 0 amide bonds. The molecule has 4 nitrogen and oxygen atoms in total. The molecule has 2 aromatic heterocycles. The second-order valence-electron chi connectivity index (χ2n) is 9.28. The molecule has 0 aliphatic carbocycles. The van der Waals surface area contributed by atoms with Gasteiger partial charge in [-0.3, -0.25) is 9.67 Å². The van der Waals surface area contributed by atoms with Gasteiger partial charge in [-0.25, -0.2) is 4.39 Å². The number of unbranched alkanes of at least 4 members (excludes halogenated alkanes) is 1. The first kappa shape index (κ1) is 26.6. The van der Waals surface area contributed by atoms with E-state index in [-0.39, 0.29) is 11.7 Å². The zero-order chi connectivity index (χ0) is 25.4. The molecule has 1 atom stereocenters. The Morgan fingerprint density at radius 2 is 1.94 bits per heavy atom. The smallest absolute Gasteiger partial charge is 0.124 e. The van der Waals surface area contributed by atoms with Crippen LogP contribution < -0.4 is 0 Å². The van der Waals surface area contributed by atoms with Crippen molar-refractivity contribution < 1.29 is 4.39 Å². The van der Waals surface area contributed by atoms with Gasteiger partial charge in [0.1, 0.15) is 5.82 Å². The molecule has 0 aliphatic heterocycles. The van der Waals surface area contributed by atoms with Crippen LogP contribution in [0.3, 0.4) is 0 Å². The van der Waals surface area contributed by atoms with E-state index in [4.69, 9.17) is 21.7 Å². The van der Waals surface area contributed by atoms with Crippen molar-refractivity contribution in [1.82, 2.24) is 14.8 Å². The predicted octanol–water partition coefficient (Wildman–Crippen LogP) is 7.23. The van der Waals surface area contributed by atoms with Crippen LogP contribution in [0.5, 0.6) is 0 Å². The fourth-order valence-electron chi connectivity index (χ4n) is 4.48. The van der Waals surface area contributed by atoms with E-state index in [9.17, 15) is 9.65 Å². The van der Waals surface area contributed by atoms with Crippen LogP contribution in [-0.2, 0) is 32.7 Å². The van der Waals surface area contributed by atoms with E-state index in [1.807, 2.05) is 11.7 Å². The predicted molar refractivity (Wildman–Crippen MR) is 140 cm³/mol. The molecule has 0 aliphatic rings. The Morgan fingerprint density at radius 3 is 2.63 bits per heavy atom. The monoisotopic (exact) mass is 492 g/mol. The largest absolute Gasteiger partial charge is 0.272 e. The maximum atomic E-state index is 14.0. The second kappa shape index (κ2) is 12.7. The molecule has 6 heteroatoms. The number of hydrogen-bond donors (Lipinski definition) is 0. The summed E-state index contributed by atoms with van der Waals surface area (Å²) in [6.07, 6.45) is 7.28. The molecule has 0 bridgehead atoms. The highest BCUT2D eigenvalue weighted by molar-refractivity contribution is 6.30. The van der Waals surface area contributed by atoms with Gasteiger partial charge in [0.2, 0.25) is 0 Å². The van der Waals surface area contributed by atoms with Crippen molar-refractivity contribution in [2.24, 2.45) is 7.05 Å². The van der Waals surface area contributed by atoms with Crippen molar-refractivity contribution in [3.8, 4) is 6.07 Å². The summed E-state index contributed by atoms with van der Waals surface area (Å²) in [4.78, 5) is 4.81. The summed E-state index contributed by atoms with van der Waals surface area (Å²) in [6.45, 7) is 8.14. The highest BCUT2D eigenvalue weighted by Gasteiger charge is 2.18. The molecule has 0 fully saturated rings. The molecule has 35 heavy (non-hydrogen) atoms. The molecule has 0 saturated heterocycles. The van der Waals surface area contributed by atoms with Gasteiger partial charge >= 0.3 is 0 Å². The number of nitriles is 1. The first-order valence-electron chi connectivity index (χ1n) is 12.3. The van der Waals surface area contributed by atoms with Crippen molar-refractivity contribution in [3.05, 3.63) is 93.3 Å². The summed E-state index contributed by atoms with van der Waals surface area (Å²) in [6, 6.07) is 13.1. The van der Waals surface area contributed by atoms with Gasteiger partial charge < -0.3 is 0 Å². The van der Waals surface area contributed by atoms with Crippen LogP contribution in [0.2, 0.25) is 5.02 Å². The van der Waals surface area contributed by atoms with Crippen LogP contribution in [0.1, 0.15) is 72.4 Å². The van der Waals surface area contributed by atoms with Crippen molar-refractivity contribution in [2.45, 2.75) is 71.1 Å². The Hall–Kier alpha value is -2.97. The van der Waals surface area contributed by atoms with Gasteiger partial charge in [0.15, 0.2) is 0 Å². The average molecular weight is 493 g/mol. The molecule has 1 unspecified atom stereocenters. The third-order valence-electron chi connectivity index (χ3n) is 6.41. The summed E-state index contributed by atoms with van der Waals surface area (Å²) in [5.74, 6) is -0.513. The SMILES string of the molecule is C=C(C#N)CC(Cc1cc(CCCc2ccc(CCCC)c(C)n2)n(C)n1)c1cc(F)cc(Cl)c1. The Bertz CT molecular complexity index is 1190. The minimum atomic E-state index is -0.385. The molecule has 184 valence electrons. The number of pyridine rings is 1. The molecule has 3 rings (SSSR count). The number of benzene rings is 1. The van der Waals surface area contributed by atoms with Crippen LogP contribution >= 0.6 is 11.6 Å². The maximum Gasteiger partial charge on any atom is 0.124 e. The molecule has 1 aromatic carbocycles. The van der Waals surface area contributed by atoms with Crippen molar-refractivity contribution in [3.63, 3.8) is 0 Å². The normalized spacial score (nSPS) is 11.9. The van der Waals surface area contributed by atoms with Crippen LogP contribution in [0, 0.1) is 24.1 Å². The van der Waals surface area contributed by atoms with Gasteiger partial charge in [0.25, 0.3) is 0 Å². The van der Waals surface area contributed by atoms with Crippen LogP contribution in [0.15, 0.2) is 48.6 Å². The lowest BCUT2D eigenvalue weighted by Gasteiger charge is -2.16. The molecule has 0 saturated carbocycles. The van der Waals surface area contributed by atoms with E-state index in [0.29, 0.717) is 23.4 Å². The van der Waals surface area contributed by atoms with E-state index in [2.05, 4.69) is 44.7 Å². The quantitative estimate of drug-likeness (QED) is 0.250. The van der Waals surface area contributed by atoms with Gasteiger partial charge in [0.05, 0.1) is 11.8 Å². The summed E-state index contributed by atoms with van der Waals surface area (Å²) in [7, 11) is 1.95. The van der Waals surface area contributed by atoms with Crippen LogP contribution in [0.25, 0.3) is 0 Å². The van der Waals surface area contributed by atoms with Gasteiger partial charge in [-0.1, -0.05) is 37.6 Å². The van der Waals surface area contributed by atoms with E-state index in [1.54, 1.807) is 6.07 Å². The number of halogens is 2. The first-order chi connectivity index (χ1) is 16.8. The van der Waals surface area contributed by atoms with Crippen LogP contribution in [0.4, 0.5) is 4.39 Å². The fourth-order valence-corrected chi connectivity index (χ4v) is 4.71. The van der Waals surface area contributed by atoms with E-state index < -0.39 is 0 Å². The molecule has 3 aromatic rings. The fraction of sp³-hybridized carbons (Fsp3) is 0.414. The Balaban J connectivity index is 1.66. The second-order valence-corrected chi connectivity index (χ2v) is 9.71. The minimum Gasteiger partial charge on any atom is -0.272 e. The molecule has 0 radical (unpaired) electrons. The number of nitrogens with zero attached hydrogens (tertiary/aromatic N) is 4. The summed E-state index contributed by atoms with van der Waals surface area (Å²) in [5.41, 5.74) is 6.88. The molecule has 0 N–H and O–H groups in total. The first-order valence-corrected chi connectivity index (χ1v) is 12.7. The summed E-state index contributed by atoms with van der Waals surface area (Å²) in [5, 5.41) is 14.3. The van der Waals surface area contributed by atoms with Crippen molar-refractivity contribution >= 4 is 11.6 Å². The highest BCUT2D eigenvalue weighted by atomic mass is 35.5. The number of aromatic nitrogens is 3. The lowest BCUT2D eigenvalue weighted by molar-refractivity contribution is 0.609. The Labute approximate surface area is 213 Å². The zero-order valence-corrected chi connectivity index (χ0v) is 21.7. The van der Waals surface area contributed by atoms with Gasteiger partial charge in [0, 0.05) is 34.7 Å². The van der Waals surface area contributed by atoms with E-state index >= 15 is 0 Å². The van der Waals surface area contributed by atoms with Gasteiger partial charge in [-0.05, 0) is 99.2 Å². The number of hydrogen-bond acceptors (Lipinski definition) is 3. The van der Waals surface area contributed by atoms with Crippen molar-refractivity contribution in [1.29, 1.82) is 5.26 Å². The number of allylic oxidation sites excluding steroid dienone is 1. The van der Waals surface area contributed by atoms with Crippen molar-refractivity contribution in [2.75, 3.05) is 0 Å². The van der Waals surface area contributed by atoms with E-state index in [1.165, 1.54) is 30.5 Å². The Kier molecular flexibility index (Phi) is 9.63. The minimum absolute atomic E-state index is 0.128. The lowest BCUT2D eigenvalue weighted by atomic mass is 9.88. The maximum absolute atomic E-state index is 14.0. The summed E-state index contributed by atoms with van der Waals surface area (Å²) >= 11 is 6.09. The molecular weight excluding hydrogens is 459 g/mol. The van der Waals surface area contributed by atoms with Crippen LogP contribution in [-0.4, -0.2) is 14.8 Å². The highest BCUT2D eigenvalue weighted by Crippen LogP contribution is 2.30. The molecule has 2 heterocycles. The number of aryl methyl sites for hydroxylation is 5. The number of rotatable bonds is 12. The third-order valence-corrected chi connectivity index (χ3v) is 6.63. The lowest BCUT2D eigenvalue weighted by Crippen LogP contribution is -2.06. The van der Waals surface area contributed by atoms with Gasteiger partial charge in [-0.2, -0.15) is 10.4 Å². The third kappa shape index (κ3) is 7.77. The standard InChI is InChI=1S/C29H34ClFN4/c1-5-6-8-22-11-12-27(33-21(22)3)9-7-10-29-18-28(34-35(29)4)16-23(13-20(2)19-32)24-14-25(30)17-26(31)15-24/h11-12,14-15,17-18,23H,2,5-10,13,16H2,1,3-4H3.